The maximum atomic E-state index is 12.5. The van der Waals surface area contributed by atoms with E-state index in [0.29, 0.717) is 23.3 Å². The van der Waals surface area contributed by atoms with E-state index in [1.54, 1.807) is 11.3 Å². The highest BCUT2D eigenvalue weighted by molar-refractivity contribution is 8.13. The second-order valence-corrected chi connectivity index (χ2v) is 8.59. The number of thioether (sulfide) groups is 1. The smallest absolute Gasteiger partial charge is 0.259 e. The number of ether oxygens (including phenoxy) is 1. The highest BCUT2D eigenvalue weighted by atomic mass is 32.2. The Balaban J connectivity index is 1.46. The minimum atomic E-state index is -0.0186. The van der Waals surface area contributed by atoms with Gasteiger partial charge in [-0.25, -0.2) is 4.98 Å². The Labute approximate surface area is 154 Å². The van der Waals surface area contributed by atoms with Gasteiger partial charge in [-0.2, -0.15) is 0 Å². The summed E-state index contributed by atoms with van der Waals surface area (Å²) in [5, 5.41) is 1.32. The van der Waals surface area contributed by atoms with Gasteiger partial charge < -0.3 is 15.5 Å². The van der Waals surface area contributed by atoms with Gasteiger partial charge in [0.2, 0.25) is 0 Å². The molecule has 1 fully saturated rings. The fraction of sp³-hybridized carbons (Fsp3) is 0.588. The molecule has 3 heterocycles. The second-order valence-electron chi connectivity index (χ2n) is 6.51. The molecule has 1 atom stereocenters. The first kappa shape index (κ1) is 17.1. The first-order chi connectivity index (χ1) is 12.2. The number of nitrogens with one attached hydrogen (secondary N) is 1. The monoisotopic (exact) mass is 378 g/mol. The molecular weight excluding hydrogens is 356 g/mol. The van der Waals surface area contributed by atoms with Crippen LogP contribution in [0.5, 0.6) is 0 Å². The van der Waals surface area contributed by atoms with Crippen LogP contribution in [0.1, 0.15) is 41.9 Å². The van der Waals surface area contributed by atoms with Crippen LogP contribution in [0.25, 0.3) is 10.2 Å². The summed E-state index contributed by atoms with van der Waals surface area (Å²) in [6, 6.07) is 0. The van der Waals surface area contributed by atoms with E-state index in [0.717, 1.165) is 48.9 Å². The maximum absolute atomic E-state index is 12.5. The average Bonchev–Trinajstić information content (AvgIpc) is 3.25. The zero-order valence-electron chi connectivity index (χ0n) is 14.0. The number of fused-ring (bicyclic) bond motifs is 3. The largest absolute Gasteiger partial charge is 0.379 e. The van der Waals surface area contributed by atoms with Gasteiger partial charge in [0.05, 0.1) is 23.8 Å². The number of aromatic amines is 1. The Bertz CT molecular complexity index is 852. The van der Waals surface area contributed by atoms with Gasteiger partial charge in [0.25, 0.3) is 5.56 Å². The number of nitrogens with zero attached hydrogens (tertiary/aromatic N) is 2. The van der Waals surface area contributed by atoms with Crippen molar-refractivity contribution in [3.8, 4) is 0 Å². The van der Waals surface area contributed by atoms with E-state index < -0.39 is 0 Å². The van der Waals surface area contributed by atoms with Crippen molar-refractivity contribution in [2.75, 3.05) is 13.2 Å². The molecule has 0 unspecified atom stereocenters. The number of nitrogens with two attached hydrogens (primary N) is 1. The molecular formula is C17H22N4O2S2. The van der Waals surface area contributed by atoms with Crippen molar-refractivity contribution in [1.82, 2.24) is 9.97 Å². The predicted octanol–water partition coefficient (Wildman–Crippen LogP) is 2.59. The van der Waals surface area contributed by atoms with E-state index in [1.165, 1.54) is 28.6 Å². The van der Waals surface area contributed by atoms with Crippen LogP contribution < -0.4 is 11.3 Å². The van der Waals surface area contributed by atoms with Crippen LogP contribution in [0, 0.1) is 0 Å². The Hall–Kier alpha value is -1.38. The third kappa shape index (κ3) is 3.75. The average molecular weight is 379 g/mol. The van der Waals surface area contributed by atoms with E-state index in [-0.39, 0.29) is 11.7 Å². The van der Waals surface area contributed by atoms with Crippen LogP contribution in [-0.4, -0.2) is 34.4 Å². The highest BCUT2D eigenvalue weighted by Gasteiger charge is 2.20. The molecule has 0 radical (unpaired) electrons. The van der Waals surface area contributed by atoms with Crippen molar-refractivity contribution in [1.29, 1.82) is 0 Å². The summed E-state index contributed by atoms with van der Waals surface area (Å²) in [7, 11) is 0. The summed E-state index contributed by atoms with van der Waals surface area (Å²) in [4.78, 5) is 26.7. The third-order valence-corrected chi connectivity index (χ3v) is 6.73. The molecule has 2 aliphatic rings. The fourth-order valence-corrected chi connectivity index (χ4v) is 5.31. The lowest BCUT2D eigenvalue weighted by Crippen LogP contribution is -2.16. The molecule has 0 spiro atoms. The number of rotatable bonds is 4. The molecule has 0 amide bonds. The number of amidine groups is 1. The molecule has 2 aromatic rings. The number of aryl methyl sites for hydroxylation is 2. The minimum Gasteiger partial charge on any atom is -0.379 e. The predicted molar refractivity (Wildman–Crippen MR) is 104 cm³/mol. The number of H-pyrrole nitrogens is 1. The van der Waals surface area contributed by atoms with Crippen molar-refractivity contribution in [3.05, 3.63) is 26.6 Å². The van der Waals surface area contributed by atoms with E-state index in [9.17, 15) is 4.79 Å². The molecule has 3 N–H and O–H groups in total. The summed E-state index contributed by atoms with van der Waals surface area (Å²) in [5.74, 6) is 1.19. The van der Waals surface area contributed by atoms with Gasteiger partial charge in [0.1, 0.15) is 10.7 Å². The van der Waals surface area contributed by atoms with Crippen molar-refractivity contribution in [3.63, 3.8) is 0 Å². The molecule has 1 aliphatic heterocycles. The maximum Gasteiger partial charge on any atom is 0.259 e. The van der Waals surface area contributed by atoms with Crippen molar-refractivity contribution < 1.29 is 4.74 Å². The van der Waals surface area contributed by atoms with Crippen LogP contribution in [0.4, 0.5) is 0 Å². The topological polar surface area (TPSA) is 93.4 Å². The number of hydrogen-bond acceptors (Lipinski definition) is 6. The SMILES string of the molecule is NC(=NC[C@H]1CCCO1)SCc1nc2sc3c(c2c(=O)[nH]1)CCCC3. The van der Waals surface area contributed by atoms with Gasteiger partial charge >= 0.3 is 0 Å². The van der Waals surface area contributed by atoms with Crippen LogP contribution in [-0.2, 0) is 23.3 Å². The number of aromatic nitrogens is 2. The van der Waals surface area contributed by atoms with Gasteiger partial charge in [0, 0.05) is 11.5 Å². The molecule has 134 valence electrons. The lowest BCUT2D eigenvalue weighted by molar-refractivity contribution is 0.118. The van der Waals surface area contributed by atoms with E-state index in [2.05, 4.69) is 15.0 Å². The molecule has 6 nitrogen and oxygen atoms in total. The van der Waals surface area contributed by atoms with Gasteiger partial charge in [0.15, 0.2) is 5.17 Å². The van der Waals surface area contributed by atoms with E-state index in [1.807, 2.05) is 0 Å². The van der Waals surface area contributed by atoms with Crippen LogP contribution in [0.15, 0.2) is 9.79 Å². The summed E-state index contributed by atoms with van der Waals surface area (Å²) in [5.41, 5.74) is 7.17. The summed E-state index contributed by atoms with van der Waals surface area (Å²) in [6.45, 7) is 1.43. The molecule has 4 rings (SSSR count). The van der Waals surface area contributed by atoms with Crippen molar-refractivity contribution in [2.24, 2.45) is 10.7 Å². The lowest BCUT2D eigenvalue weighted by atomic mass is 9.97. The summed E-state index contributed by atoms with van der Waals surface area (Å²) in [6.07, 6.45) is 6.79. The first-order valence-electron chi connectivity index (χ1n) is 8.78. The van der Waals surface area contributed by atoms with Gasteiger partial charge in [-0.15, -0.1) is 11.3 Å². The zero-order chi connectivity index (χ0) is 17.2. The van der Waals surface area contributed by atoms with Crippen molar-refractivity contribution >= 4 is 38.5 Å². The Morgan fingerprint density at radius 2 is 2.28 bits per heavy atom. The molecule has 2 aromatic heterocycles. The summed E-state index contributed by atoms with van der Waals surface area (Å²) >= 11 is 3.08. The minimum absolute atomic E-state index is 0.0186. The molecule has 8 heteroatoms. The Kier molecular flexibility index (Phi) is 5.10. The number of aliphatic imine (C=N–C) groups is 1. The van der Waals surface area contributed by atoms with Crippen LogP contribution >= 0.6 is 23.1 Å². The molecule has 25 heavy (non-hydrogen) atoms. The normalized spacial score (nSPS) is 21.0. The lowest BCUT2D eigenvalue weighted by Gasteiger charge is -2.09. The van der Waals surface area contributed by atoms with Gasteiger partial charge in [-0.05, 0) is 44.1 Å². The van der Waals surface area contributed by atoms with Gasteiger partial charge in [-0.1, -0.05) is 11.8 Å². The van der Waals surface area contributed by atoms with Gasteiger partial charge in [-0.3, -0.25) is 9.79 Å². The molecule has 0 bridgehead atoms. The van der Waals surface area contributed by atoms with Crippen LogP contribution in [0.2, 0.25) is 0 Å². The fourth-order valence-electron chi connectivity index (χ4n) is 3.44. The standard InChI is InChI=1S/C17H22N4O2S2/c18-17(19-8-10-4-3-7-23-10)24-9-13-20-15(22)14-11-5-1-2-6-12(11)25-16(14)21-13/h10H,1-9H2,(H2,18,19)(H,20,21,22)/t10-/m1/s1. The Morgan fingerprint density at radius 3 is 3.12 bits per heavy atom. The Morgan fingerprint density at radius 1 is 1.40 bits per heavy atom. The molecule has 1 saturated heterocycles. The van der Waals surface area contributed by atoms with Crippen molar-refractivity contribution in [2.45, 2.75) is 50.4 Å². The van der Waals surface area contributed by atoms with E-state index in [4.69, 9.17) is 10.5 Å². The molecule has 0 saturated carbocycles. The van der Waals surface area contributed by atoms with Crippen LogP contribution in [0.3, 0.4) is 0 Å². The third-order valence-electron chi connectivity index (χ3n) is 4.71. The quantitative estimate of drug-likeness (QED) is 0.630. The zero-order valence-corrected chi connectivity index (χ0v) is 15.7. The number of thiophene rings is 1. The molecule has 0 aromatic carbocycles. The first-order valence-corrected chi connectivity index (χ1v) is 10.6. The van der Waals surface area contributed by atoms with E-state index >= 15 is 0 Å². The molecule has 1 aliphatic carbocycles. The summed E-state index contributed by atoms with van der Waals surface area (Å²) < 4.78 is 5.54. The number of hydrogen-bond donors (Lipinski definition) is 2. The second kappa shape index (κ2) is 7.47. The highest BCUT2D eigenvalue weighted by Crippen LogP contribution is 2.33.